The number of hydrogen-bond donors (Lipinski definition) is 2. The van der Waals surface area contributed by atoms with Gasteiger partial charge in [0.2, 0.25) is 0 Å². The predicted molar refractivity (Wildman–Crippen MR) is 66.6 cm³/mol. The molecule has 0 bridgehead atoms. The highest BCUT2D eigenvalue weighted by Gasteiger charge is 2.18. The van der Waals surface area contributed by atoms with E-state index >= 15 is 0 Å². The maximum absolute atomic E-state index is 11.9. The Morgan fingerprint density at radius 2 is 2.29 bits per heavy atom. The number of amides is 1. The van der Waals surface area contributed by atoms with Gasteiger partial charge in [-0.05, 0) is 18.1 Å². The third-order valence-electron chi connectivity index (χ3n) is 2.52. The molecule has 0 fully saturated rings. The van der Waals surface area contributed by atoms with Gasteiger partial charge in [0.25, 0.3) is 5.91 Å². The van der Waals surface area contributed by atoms with Crippen molar-refractivity contribution < 1.29 is 9.53 Å². The monoisotopic (exact) mass is 237 g/mol. The quantitative estimate of drug-likeness (QED) is 0.803. The van der Waals surface area contributed by atoms with Crippen molar-refractivity contribution in [3.63, 3.8) is 0 Å². The van der Waals surface area contributed by atoms with Crippen molar-refractivity contribution in [2.45, 2.75) is 19.9 Å². The van der Waals surface area contributed by atoms with Gasteiger partial charge in [-0.15, -0.1) is 0 Å². The van der Waals surface area contributed by atoms with E-state index in [9.17, 15) is 4.79 Å². The van der Waals surface area contributed by atoms with Crippen LogP contribution in [0.15, 0.2) is 18.3 Å². The Bertz CT molecular complexity index is 380. The fourth-order valence-electron chi connectivity index (χ4n) is 1.42. The van der Waals surface area contributed by atoms with Crippen LogP contribution in [0.1, 0.15) is 24.3 Å². The molecule has 1 aromatic heterocycles. The molecule has 0 aromatic carbocycles. The number of nitrogens with two attached hydrogens (primary N) is 1. The fourth-order valence-corrected chi connectivity index (χ4v) is 1.42. The Kier molecular flexibility index (Phi) is 4.90. The number of rotatable bonds is 5. The Morgan fingerprint density at radius 3 is 2.82 bits per heavy atom. The number of carbonyl (C=O) groups is 1. The lowest BCUT2D eigenvalue weighted by molar-refractivity contribution is 0.0862. The van der Waals surface area contributed by atoms with E-state index in [0.29, 0.717) is 12.3 Å². The van der Waals surface area contributed by atoms with Crippen molar-refractivity contribution in [1.82, 2.24) is 10.3 Å². The van der Waals surface area contributed by atoms with Gasteiger partial charge in [0.05, 0.1) is 18.3 Å². The molecule has 94 valence electrons. The zero-order valence-electron chi connectivity index (χ0n) is 10.4. The van der Waals surface area contributed by atoms with Gasteiger partial charge in [0.1, 0.15) is 0 Å². The number of aromatic nitrogens is 1. The van der Waals surface area contributed by atoms with Crippen LogP contribution in [0.5, 0.6) is 0 Å². The van der Waals surface area contributed by atoms with Crippen LogP contribution in [0.4, 0.5) is 5.69 Å². The Labute approximate surface area is 101 Å². The molecule has 5 heteroatoms. The molecule has 5 nitrogen and oxygen atoms in total. The summed E-state index contributed by atoms with van der Waals surface area (Å²) >= 11 is 0. The molecule has 0 saturated heterocycles. The number of hydrogen-bond acceptors (Lipinski definition) is 4. The van der Waals surface area contributed by atoms with Crippen LogP contribution in [0.2, 0.25) is 0 Å². The van der Waals surface area contributed by atoms with Crippen LogP contribution in [-0.2, 0) is 4.74 Å². The molecule has 1 atom stereocenters. The minimum Gasteiger partial charge on any atom is -0.397 e. The van der Waals surface area contributed by atoms with E-state index in [1.807, 2.05) is 13.8 Å². The maximum atomic E-state index is 11.9. The standard InChI is InChI=1S/C12H19N3O2/c1-8(2)10(7-17-3)15-12(16)11-9(13)5-4-6-14-11/h4-6,8,10H,7,13H2,1-3H3,(H,15,16). The normalized spacial score (nSPS) is 12.5. The third-order valence-corrected chi connectivity index (χ3v) is 2.52. The summed E-state index contributed by atoms with van der Waals surface area (Å²) in [6.45, 7) is 4.51. The Balaban J connectivity index is 2.74. The maximum Gasteiger partial charge on any atom is 0.272 e. The van der Waals surface area contributed by atoms with Gasteiger partial charge in [-0.25, -0.2) is 4.98 Å². The zero-order valence-corrected chi connectivity index (χ0v) is 10.4. The van der Waals surface area contributed by atoms with Gasteiger partial charge in [-0.1, -0.05) is 13.8 Å². The number of carbonyl (C=O) groups excluding carboxylic acids is 1. The first-order chi connectivity index (χ1) is 8.06. The average Bonchev–Trinajstić information content (AvgIpc) is 2.28. The smallest absolute Gasteiger partial charge is 0.272 e. The zero-order chi connectivity index (χ0) is 12.8. The van der Waals surface area contributed by atoms with E-state index in [1.165, 1.54) is 0 Å². The van der Waals surface area contributed by atoms with Crippen molar-refractivity contribution in [3.8, 4) is 0 Å². The number of nitrogens with one attached hydrogen (secondary N) is 1. The minimum atomic E-state index is -0.265. The van der Waals surface area contributed by atoms with E-state index in [1.54, 1.807) is 25.4 Å². The largest absolute Gasteiger partial charge is 0.397 e. The summed E-state index contributed by atoms with van der Waals surface area (Å²) in [5.74, 6) is 0.0164. The summed E-state index contributed by atoms with van der Waals surface area (Å²) in [6, 6.07) is 3.30. The lowest BCUT2D eigenvalue weighted by atomic mass is 10.1. The highest BCUT2D eigenvalue weighted by atomic mass is 16.5. The van der Waals surface area contributed by atoms with E-state index < -0.39 is 0 Å². The second kappa shape index (κ2) is 6.20. The van der Waals surface area contributed by atoms with Crippen molar-refractivity contribution in [2.75, 3.05) is 19.5 Å². The lowest BCUT2D eigenvalue weighted by Gasteiger charge is -2.21. The SMILES string of the molecule is COCC(NC(=O)c1ncccc1N)C(C)C. The third kappa shape index (κ3) is 3.71. The van der Waals surface area contributed by atoms with E-state index in [2.05, 4.69) is 10.3 Å². The fraction of sp³-hybridized carbons (Fsp3) is 0.500. The summed E-state index contributed by atoms with van der Waals surface area (Å²) in [6.07, 6.45) is 1.55. The highest BCUT2D eigenvalue weighted by Crippen LogP contribution is 2.09. The van der Waals surface area contributed by atoms with Crippen molar-refractivity contribution >= 4 is 11.6 Å². The molecule has 3 N–H and O–H groups in total. The van der Waals surface area contributed by atoms with Crippen LogP contribution < -0.4 is 11.1 Å². The molecule has 0 aliphatic rings. The molecule has 1 aromatic rings. The summed E-state index contributed by atoms with van der Waals surface area (Å²) in [7, 11) is 1.61. The summed E-state index contributed by atoms with van der Waals surface area (Å²) < 4.78 is 5.07. The molecule has 1 rings (SSSR count). The van der Waals surface area contributed by atoms with E-state index in [4.69, 9.17) is 10.5 Å². The second-order valence-electron chi connectivity index (χ2n) is 4.22. The number of ether oxygens (including phenoxy) is 1. The highest BCUT2D eigenvalue weighted by molar-refractivity contribution is 5.97. The molecule has 0 aliphatic carbocycles. The van der Waals surface area contributed by atoms with E-state index in [-0.39, 0.29) is 23.6 Å². The number of pyridine rings is 1. The molecular formula is C12H19N3O2. The average molecular weight is 237 g/mol. The first kappa shape index (κ1) is 13.4. The van der Waals surface area contributed by atoms with Crippen LogP contribution >= 0.6 is 0 Å². The summed E-state index contributed by atoms with van der Waals surface area (Å²) in [4.78, 5) is 15.9. The molecule has 1 heterocycles. The molecule has 1 amide bonds. The van der Waals surface area contributed by atoms with Crippen LogP contribution in [0.3, 0.4) is 0 Å². The molecule has 0 spiro atoms. The van der Waals surface area contributed by atoms with Gasteiger partial charge in [0, 0.05) is 13.3 Å². The van der Waals surface area contributed by atoms with Gasteiger partial charge in [0.15, 0.2) is 5.69 Å². The van der Waals surface area contributed by atoms with Crippen LogP contribution in [0.25, 0.3) is 0 Å². The van der Waals surface area contributed by atoms with Crippen molar-refractivity contribution in [3.05, 3.63) is 24.0 Å². The molecule has 1 unspecified atom stereocenters. The molecule has 17 heavy (non-hydrogen) atoms. The Morgan fingerprint density at radius 1 is 1.59 bits per heavy atom. The molecule has 0 aliphatic heterocycles. The summed E-state index contributed by atoms with van der Waals surface area (Å²) in [5, 5.41) is 2.87. The van der Waals surface area contributed by atoms with Gasteiger partial charge >= 0.3 is 0 Å². The van der Waals surface area contributed by atoms with Crippen molar-refractivity contribution in [2.24, 2.45) is 5.92 Å². The molecular weight excluding hydrogens is 218 g/mol. The Hall–Kier alpha value is -1.62. The predicted octanol–water partition coefficient (Wildman–Crippen LogP) is 1.06. The number of nitrogen functional groups attached to an aromatic ring is 1. The first-order valence-electron chi connectivity index (χ1n) is 5.56. The molecule has 0 saturated carbocycles. The van der Waals surface area contributed by atoms with Crippen LogP contribution in [-0.4, -0.2) is 30.6 Å². The number of nitrogens with zero attached hydrogens (tertiary/aromatic N) is 1. The van der Waals surface area contributed by atoms with Crippen molar-refractivity contribution in [1.29, 1.82) is 0 Å². The minimum absolute atomic E-state index is 0.0473. The molecule has 0 radical (unpaired) electrons. The first-order valence-corrected chi connectivity index (χ1v) is 5.56. The topological polar surface area (TPSA) is 77.2 Å². The van der Waals surface area contributed by atoms with Crippen LogP contribution in [0, 0.1) is 5.92 Å². The van der Waals surface area contributed by atoms with Gasteiger partial charge < -0.3 is 15.8 Å². The van der Waals surface area contributed by atoms with E-state index in [0.717, 1.165) is 0 Å². The second-order valence-corrected chi connectivity index (χ2v) is 4.22. The number of methoxy groups -OCH3 is 1. The van der Waals surface area contributed by atoms with Gasteiger partial charge in [-0.2, -0.15) is 0 Å². The van der Waals surface area contributed by atoms with Gasteiger partial charge in [-0.3, -0.25) is 4.79 Å². The number of anilines is 1. The summed E-state index contributed by atoms with van der Waals surface area (Å²) in [5.41, 5.74) is 6.33. The lowest BCUT2D eigenvalue weighted by Crippen LogP contribution is -2.42.